The highest BCUT2D eigenvalue weighted by Gasteiger charge is 2.39. The molecule has 0 nitrogen and oxygen atoms in total. The highest BCUT2D eigenvalue weighted by Crippen LogP contribution is 2.51. The van der Waals surface area contributed by atoms with Crippen LogP contribution in [-0.2, 0) is 0 Å². The van der Waals surface area contributed by atoms with Crippen molar-refractivity contribution in [2.24, 2.45) is 124 Å². The van der Waals surface area contributed by atoms with E-state index in [1.807, 2.05) is 69.2 Å². The fourth-order valence-electron chi connectivity index (χ4n) is 23.1. The van der Waals surface area contributed by atoms with E-state index in [9.17, 15) is 0 Å². The Balaban J connectivity index is 0.000000258. The molecule has 16 unspecified atom stereocenters. The van der Waals surface area contributed by atoms with Crippen LogP contribution >= 0.6 is 0 Å². The van der Waals surface area contributed by atoms with Crippen LogP contribution in [-0.4, -0.2) is 0 Å². The van der Waals surface area contributed by atoms with Crippen molar-refractivity contribution >= 4 is 0 Å². The molecule has 0 aliphatic heterocycles. The van der Waals surface area contributed by atoms with Gasteiger partial charge in [-0.3, -0.25) is 0 Å². The van der Waals surface area contributed by atoms with Crippen molar-refractivity contribution < 1.29 is 0 Å². The van der Waals surface area contributed by atoms with Gasteiger partial charge in [-0.1, -0.05) is 349 Å². The molecular formula is C88H172. The third kappa shape index (κ3) is 27.6. The van der Waals surface area contributed by atoms with Gasteiger partial charge in [0.1, 0.15) is 0 Å². The third-order valence-corrected chi connectivity index (χ3v) is 27.9. The lowest BCUT2D eigenvalue weighted by Crippen LogP contribution is -2.27. The van der Waals surface area contributed by atoms with E-state index in [4.69, 9.17) is 0 Å². The Morgan fingerprint density at radius 2 is 0.443 bits per heavy atom. The van der Waals surface area contributed by atoms with Gasteiger partial charge in [0.2, 0.25) is 0 Å². The monoisotopic (exact) mass is 1230 g/mol. The molecule has 0 aromatic carbocycles. The second-order valence-electron chi connectivity index (χ2n) is 32.3. The minimum absolute atomic E-state index is 0. The van der Waals surface area contributed by atoms with Gasteiger partial charge in [-0.25, -0.2) is 0 Å². The molecule has 0 heteroatoms. The molecule has 16 rings (SSSR count). The van der Waals surface area contributed by atoms with Gasteiger partial charge in [0, 0.05) is 0 Å². The van der Waals surface area contributed by atoms with Gasteiger partial charge in [0.15, 0.2) is 0 Å². The van der Waals surface area contributed by atoms with Gasteiger partial charge < -0.3 is 0 Å². The Hall–Kier alpha value is 0. The van der Waals surface area contributed by atoms with Gasteiger partial charge in [-0.15, -0.1) is 0 Å². The SMILES string of the molecule is C.C1CC2CCC1C2.C1CC2CCC1C2.C1CCC2CCCC2C1.CC.CC.CC.CC.CC.CC1CC2CCCC2C1.CCC1CCC2CCCC2C1.CCC1CCC2CCCCC12.CCC1CCC2CCCCC12.CCC1CCC2CCCCC2C1. The maximum atomic E-state index is 2.42. The molecule has 0 amide bonds. The molecule has 4 bridgehead atoms. The quantitative estimate of drug-likeness (QED) is 0.263. The van der Waals surface area contributed by atoms with E-state index in [1.165, 1.54) is 145 Å². The average Bonchev–Trinajstić information content (AvgIpc) is 4.58. The van der Waals surface area contributed by atoms with Crippen molar-refractivity contribution in [2.75, 3.05) is 0 Å². The second-order valence-corrected chi connectivity index (χ2v) is 32.3. The molecule has 0 spiro atoms. The van der Waals surface area contributed by atoms with E-state index in [2.05, 4.69) is 34.6 Å². The topological polar surface area (TPSA) is 0 Å². The second kappa shape index (κ2) is 49.5. The zero-order valence-electron chi connectivity index (χ0n) is 63.2. The van der Waals surface area contributed by atoms with Gasteiger partial charge in [0.05, 0.1) is 0 Å². The zero-order chi connectivity index (χ0) is 63.2. The summed E-state index contributed by atoms with van der Waals surface area (Å²) in [6, 6.07) is 0. The number of hydrogen-bond acceptors (Lipinski definition) is 0. The predicted molar refractivity (Wildman–Crippen MR) is 401 cm³/mol. The van der Waals surface area contributed by atoms with Gasteiger partial charge >= 0.3 is 0 Å². The first-order valence-electron chi connectivity index (χ1n) is 42.9. The van der Waals surface area contributed by atoms with Crippen LogP contribution in [0, 0.1) is 124 Å². The Bertz CT molecular complexity index is 1430. The molecule has 0 N–H and O–H groups in total. The molecule has 16 fully saturated rings. The van der Waals surface area contributed by atoms with E-state index in [1.54, 1.807) is 218 Å². The fraction of sp³-hybridized carbons (Fsp3) is 1.00. The van der Waals surface area contributed by atoms with Crippen LogP contribution in [0.15, 0.2) is 0 Å². The number of fused-ring (bicyclic) bond motifs is 10. The lowest BCUT2D eigenvalue weighted by atomic mass is 9.67. The smallest absolute Gasteiger partial charge is 0.0358 e. The minimum Gasteiger partial charge on any atom is -0.0776 e. The molecular weight excluding hydrogens is 1060 g/mol. The van der Waals surface area contributed by atoms with Crippen LogP contribution in [0.3, 0.4) is 0 Å². The van der Waals surface area contributed by atoms with Crippen molar-refractivity contribution in [3.05, 3.63) is 0 Å². The lowest BCUT2D eigenvalue weighted by Gasteiger charge is -2.39. The molecule has 0 heterocycles. The first-order valence-corrected chi connectivity index (χ1v) is 42.9. The van der Waals surface area contributed by atoms with Crippen molar-refractivity contribution in [1.29, 1.82) is 0 Å². The molecule has 0 aromatic rings. The van der Waals surface area contributed by atoms with Crippen LogP contribution in [0.5, 0.6) is 0 Å². The first kappa shape index (κ1) is 82.2. The van der Waals surface area contributed by atoms with Gasteiger partial charge in [0.25, 0.3) is 0 Å². The van der Waals surface area contributed by atoms with E-state index in [0.29, 0.717) is 0 Å². The summed E-state index contributed by atoms with van der Waals surface area (Å²) in [5, 5.41) is 0. The highest BCUT2D eigenvalue weighted by molar-refractivity contribution is 4.90. The summed E-state index contributed by atoms with van der Waals surface area (Å²) in [6.07, 6.45) is 78.7. The van der Waals surface area contributed by atoms with Crippen LogP contribution in [0.2, 0.25) is 0 Å². The maximum absolute atomic E-state index is 2.42. The molecule has 0 saturated heterocycles. The maximum Gasteiger partial charge on any atom is -0.0358 e. The van der Waals surface area contributed by atoms with Crippen molar-refractivity contribution in [1.82, 2.24) is 0 Å². The average molecular weight is 1230 g/mol. The third-order valence-electron chi connectivity index (χ3n) is 27.9. The fourth-order valence-corrected chi connectivity index (χ4v) is 23.1. The van der Waals surface area contributed by atoms with Crippen LogP contribution < -0.4 is 0 Å². The molecule has 16 atom stereocenters. The number of hydrogen-bond donors (Lipinski definition) is 0. The first-order chi connectivity index (χ1) is 42.9. The van der Waals surface area contributed by atoms with Gasteiger partial charge in [-0.05, 0) is 214 Å². The van der Waals surface area contributed by atoms with Crippen molar-refractivity contribution in [3.8, 4) is 0 Å². The van der Waals surface area contributed by atoms with E-state index in [-0.39, 0.29) is 7.43 Å². The van der Waals surface area contributed by atoms with Crippen molar-refractivity contribution in [3.63, 3.8) is 0 Å². The van der Waals surface area contributed by atoms with E-state index < -0.39 is 0 Å². The van der Waals surface area contributed by atoms with Crippen molar-refractivity contribution in [2.45, 2.75) is 439 Å². The predicted octanol–water partition coefficient (Wildman–Crippen LogP) is 30.8. The van der Waals surface area contributed by atoms with Gasteiger partial charge in [-0.2, -0.15) is 0 Å². The number of rotatable bonds is 4. The Morgan fingerprint density at radius 3 is 0.727 bits per heavy atom. The molecule has 524 valence electrons. The Labute approximate surface area is 559 Å². The Kier molecular flexibility index (Phi) is 46.3. The summed E-state index contributed by atoms with van der Waals surface area (Å²) in [5.41, 5.74) is 0. The summed E-state index contributed by atoms with van der Waals surface area (Å²) >= 11 is 0. The summed E-state index contributed by atoms with van der Waals surface area (Å²) in [6.45, 7) is 31.9. The van der Waals surface area contributed by atoms with E-state index >= 15 is 0 Å². The van der Waals surface area contributed by atoms with E-state index in [0.717, 1.165) is 88.8 Å². The largest absolute Gasteiger partial charge is 0.0776 e. The van der Waals surface area contributed by atoms with Crippen LogP contribution in [0.4, 0.5) is 0 Å². The molecule has 16 aliphatic carbocycles. The summed E-state index contributed by atoms with van der Waals surface area (Å²) in [7, 11) is 0. The minimum atomic E-state index is 0. The normalized spacial score (nSPS) is 39.6. The summed E-state index contributed by atoms with van der Waals surface area (Å²) in [4.78, 5) is 0. The molecule has 88 heavy (non-hydrogen) atoms. The standard InChI is InChI=1S/C12H22.3C11H20.2C9H16.2C7H12.5C2H6.CH4/c1-2-10-7-8-11-5-3-4-6-12(11)9-10;1-2-9-6-7-10-4-3-5-11(10)8-9;2*1-2-9-7-8-10-5-3-4-6-11(9)10;1-7-5-8-3-2-4-9(8)6-7;1-2-5-9-7-3-6-8(9)4-1;2*1-2-7-4-3-6(1)5-7;5*1-2;/h10-12H,2-9H2,1H3;3*9-11H,2-8H2,1H3;7-9H,2-6H2,1H3;8-9H,1-7H2;2*6-7H,1-5H2;5*1-2H3;1H4. The molecule has 0 aromatic heterocycles. The highest BCUT2D eigenvalue weighted by atomic mass is 14.4. The molecule has 0 radical (unpaired) electrons. The van der Waals surface area contributed by atoms with Crippen LogP contribution in [0.1, 0.15) is 439 Å². The van der Waals surface area contributed by atoms with Crippen LogP contribution in [0.25, 0.3) is 0 Å². The Morgan fingerprint density at radius 1 is 0.205 bits per heavy atom. The molecule has 16 aliphatic rings. The zero-order valence-corrected chi connectivity index (χ0v) is 63.2. The molecule has 16 saturated carbocycles. The summed E-state index contributed by atoms with van der Waals surface area (Å²) < 4.78 is 0. The summed E-state index contributed by atoms with van der Waals surface area (Å²) in [5.74, 6) is 23.9. The lowest BCUT2D eigenvalue weighted by molar-refractivity contribution is 0.128.